The van der Waals surface area contributed by atoms with Crippen molar-refractivity contribution in [2.45, 2.75) is 18.9 Å². The lowest BCUT2D eigenvalue weighted by Gasteiger charge is -2.26. The second-order valence-electron chi connectivity index (χ2n) is 7.02. The van der Waals surface area contributed by atoms with Crippen molar-refractivity contribution in [1.82, 2.24) is 10.2 Å². The molecule has 1 unspecified atom stereocenters. The number of likely N-dealkylation sites (tertiary alicyclic amines) is 1. The molecule has 0 bridgehead atoms. The normalized spacial score (nSPS) is 15.6. The maximum absolute atomic E-state index is 12.3. The van der Waals surface area contributed by atoms with Gasteiger partial charge in [0.1, 0.15) is 11.5 Å². The minimum Gasteiger partial charge on any atom is -0.484 e. The minimum absolute atomic E-state index is 0.00703. The number of carbonyl (C=O) groups excluding carboxylic acids is 1. The molecule has 28 heavy (non-hydrogen) atoms. The first-order chi connectivity index (χ1) is 13.7. The summed E-state index contributed by atoms with van der Waals surface area (Å²) in [5.41, 5.74) is 0. The molecule has 1 aliphatic rings. The van der Waals surface area contributed by atoms with Gasteiger partial charge in [-0.15, -0.1) is 0 Å². The number of hydrogen-bond acceptors (Lipinski definition) is 4. The van der Waals surface area contributed by atoms with Gasteiger partial charge in [0, 0.05) is 11.0 Å². The summed E-state index contributed by atoms with van der Waals surface area (Å²) in [7, 11) is 0. The first-order valence-corrected chi connectivity index (χ1v) is 10.3. The number of fused-ring (bicyclic) bond motifs is 1. The second kappa shape index (κ2) is 8.80. The molecule has 0 radical (unpaired) electrons. The Hall–Kier alpha value is -2.31. The Morgan fingerprint density at radius 3 is 2.71 bits per heavy atom. The molecule has 1 atom stereocenters. The molecule has 0 saturated carbocycles. The Morgan fingerprint density at radius 2 is 1.93 bits per heavy atom. The van der Waals surface area contributed by atoms with Crippen LogP contribution in [0.5, 0.6) is 5.75 Å². The minimum atomic E-state index is -0.133. The molecule has 1 fully saturated rings. The molecule has 0 aliphatic carbocycles. The van der Waals surface area contributed by atoms with Crippen LogP contribution < -0.4 is 10.1 Å². The van der Waals surface area contributed by atoms with E-state index in [9.17, 15) is 4.79 Å². The quantitative estimate of drug-likeness (QED) is 0.583. The molecule has 6 heteroatoms. The number of nitrogens with zero attached hydrogens (tertiary/aromatic N) is 1. The summed E-state index contributed by atoms with van der Waals surface area (Å²) < 4.78 is 12.3. The Kier molecular flexibility index (Phi) is 5.98. The van der Waals surface area contributed by atoms with Crippen molar-refractivity contribution < 1.29 is 13.9 Å². The van der Waals surface area contributed by atoms with Crippen LogP contribution in [0.1, 0.15) is 24.6 Å². The van der Waals surface area contributed by atoms with Crippen LogP contribution in [0.4, 0.5) is 0 Å². The van der Waals surface area contributed by atoms with E-state index >= 15 is 0 Å². The molecule has 1 aliphatic heterocycles. The molecule has 146 valence electrons. The Morgan fingerprint density at radius 1 is 1.14 bits per heavy atom. The van der Waals surface area contributed by atoms with Gasteiger partial charge in [-0.3, -0.25) is 9.69 Å². The average molecular weight is 443 g/mol. The fourth-order valence-corrected chi connectivity index (χ4v) is 4.02. The zero-order valence-electron chi connectivity index (χ0n) is 15.6. The molecule has 0 spiro atoms. The summed E-state index contributed by atoms with van der Waals surface area (Å²) in [5, 5.41) is 5.19. The fourth-order valence-electron chi connectivity index (χ4n) is 3.64. The summed E-state index contributed by atoms with van der Waals surface area (Å²) in [5.74, 6) is 1.45. The van der Waals surface area contributed by atoms with E-state index in [1.165, 1.54) is 12.8 Å². The van der Waals surface area contributed by atoms with Crippen LogP contribution in [-0.4, -0.2) is 37.0 Å². The summed E-state index contributed by atoms with van der Waals surface area (Å²) in [6.45, 7) is 2.57. The van der Waals surface area contributed by atoms with E-state index in [4.69, 9.17) is 9.15 Å². The van der Waals surface area contributed by atoms with Crippen LogP contribution in [0.25, 0.3) is 10.8 Å². The predicted octanol–water partition coefficient (Wildman–Crippen LogP) is 4.53. The van der Waals surface area contributed by atoms with Gasteiger partial charge in [-0.2, -0.15) is 0 Å². The molecule has 5 nitrogen and oxygen atoms in total. The van der Waals surface area contributed by atoms with E-state index in [0.717, 1.165) is 34.1 Å². The van der Waals surface area contributed by atoms with Gasteiger partial charge in [-0.1, -0.05) is 28.1 Å². The van der Waals surface area contributed by atoms with Crippen LogP contribution in [0, 0.1) is 0 Å². The number of amides is 1. The maximum Gasteiger partial charge on any atom is 0.258 e. The highest BCUT2D eigenvalue weighted by atomic mass is 79.9. The van der Waals surface area contributed by atoms with Gasteiger partial charge < -0.3 is 14.5 Å². The molecule has 1 amide bonds. The van der Waals surface area contributed by atoms with Gasteiger partial charge in [-0.05, 0) is 73.1 Å². The van der Waals surface area contributed by atoms with Crippen molar-refractivity contribution in [3.63, 3.8) is 0 Å². The number of benzene rings is 2. The lowest BCUT2D eigenvalue weighted by atomic mass is 10.1. The fraction of sp³-hybridized carbons (Fsp3) is 0.318. The van der Waals surface area contributed by atoms with E-state index < -0.39 is 0 Å². The largest absolute Gasteiger partial charge is 0.484 e. The van der Waals surface area contributed by atoms with Crippen LogP contribution in [0.2, 0.25) is 0 Å². The standard InChI is InChI=1S/C22H23BrN2O3/c23-18-7-5-17-13-19(8-6-16(17)12-18)28-15-22(26)24-14-20(21-4-3-11-27-21)25-9-1-2-10-25/h3-8,11-13,20H,1-2,9-10,14-15H2,(H,24,26). The number of carbonyl (C=O) groups is 1. The highest BCUT2D eigenvalue weighted by Gasteiger charge is 2.25. The average Bonchev–Trinajstić information content (AvgIpc) is 3.41. The lowest BCUT2D eigenvalue weighted by Crippen LogP contribution is -2.38. The van der Waals surface area contributed by atoms with E-state index in [2.05, 4.69) is 32.2 Å². The molecule has 4 rings (SSSR count). The van der Waals surface area contributed by atoms with E-state index in [1.807, 2.05) is 42.5 Å². The van der Waals surface area contributed by atoms with Crippen molar-refractivity contribution in [2.75, 3.05) is 26.2 Å². The zero-order chi connectivity index (χ0) is 19.3. The van der Waals surface area contributed by atoms with Crippen molar-refractivity contribution in [1.29, 1.82) is 0 Å². The summed E-state index contributed by atoms with van der Waals surface area (Å²) in [6.07, 6.45) is 4.06. The van der Waals surface area contributed by atoms with Crippen molar-refractivity contribution in [3.05, 3.63) is 65.0 Å². The molecule has 1 N–H and O–H groups in total. The maximum atomic E-state index is 12.3. The summed E-state index contributed by atoms with van der Waals surface area (Å²) >= 11 is 3.47. The van der Waals surface area contributed by atoms with E-state index in [-0.39, 0.29) is 18.6 Å². The SMILES string of the molecule is O=C(COc1ccc2cc(Br)ccc2c1)NCC(c1ccco1)N1CCCC1. The number of rotatable bonds is 7. The van der Waals surface area contributed by atoms with Gasteiger partial charge in [0.2, 0.25) is 0 Å². The van der Waals surface area contributed by atoms with Gasteiger partial charge in [0.05, 0.1) is 12.3 Å². The first-order valence-electron chi connectivity index (χ1n) is 9.55. The van der Waals surface area contributed by atoms with Crippen LogP contribution in [0.3, 0.4) is 0 Å². The molecular formula is C22H23BrN2O3. The molecule has 3 aromatic rings. The van der Waals surface area contributed by atoms with Gasteiger partial charge in [0.25, 0.3) is 5.91 Å². The highest BCUT2D eigenvalue weighted by molar-refractivity contribution is 9.10. The highest BCUT2D eigenvalue weighted by Crippen LogP contribution is 2.25. The third kappa shape index (κ3) is 4.56. The van der Waals surface area contributed by atoms with E-state index in [1.54, 1.807) is 6.26 Å². The Bertz CT molecular complexity index is 936. The number of hydrogen-bond donors (Lipinski definition) is 1. The summed E-state index contributed by atoms with van der Waals surface area (Å²) in [4.78, 5) is 14.7. The molecular weight excluding hydrogens is 420 g/mol. The predicted molar refractivity (Wildman–Crippen MR) is 112 cm³/mol. The lowest BCUT2D eigenvalue weighted by molar-refractivity contribution is -0.123. The van der Waals surface area contributed by atoms with Crippen LogP contribution in [-0.2, 0) is 4.79 Å². The number of nitrogens with one attached hydrogen (secondary N) is 1. The molecule has 1 aromatic heterocycles. The van der Waals surface area contributed by atoms with Crippen LogP contribution >= 0.6 is 15.9 Å². The van der Waals surface area contributed by atoms with Crippen LogP contribution in [0.15, 0.2) is 63.7 Å². The molecule has 2 aromatic carbocycles. The topological polar surface area (TPSA) is 54.7 Å². The first kappa shape index (κ1) is 19.0. The third-order valence-electron chi connectivity index (χ3n) is 5.09. The van der Waals surface area contributed by atoms with Crippen molar-refractivity contribution in [3.8, 4) is 5.75 Å². The second-order valence-corrected chi connectivity index (χ2v) is 7.94. The molecule has 1 saturated heterocycles. The monoisotopic (exact) mass is 442 g/mol. The van der Waals surface area contributed by atoms with Crippen molar-refractivity contribution in [2.24, 2.45) is 0 Å². The van der Waals surface area contributed by atoms with Gasteiger partial charge in [0.15, 0.2) is 6.61 Å². The third-order valence-corrected chi connectivity index (χ3v) is 5.58. The number of halogens is 1. The number of ether oxygens (including phenoxy) is 1. The van der Waals surface area contributed by atoms with Gasteiger partial charge in [-0.25, -0.2) is 0 Å². The van der Waals surface area contributed by atoms with Crippen molar-refractivity contribution >= 4 is 32.6 Å². The Balaban J connectivity index is 1.33. The molecule has 2 heterocycles. The number of furan rings is 1. The Labute approximate surface area is 172 Å². The smallest absolute Gasteiger partial charge is 0.258 e. The summed E-state index contributed by atoms with van der Waals surface area (Å²) in [6, 6.07) is 15.8. The zero-order valence-corrected chi connectivity index (χ0v) is 17.2. The van der Waals surface area contributed by atoms with Gasteiger partial charge >= 0.3 is 0 Å². The van der Waals surface area contributed by atoms with E-state index in [0.29, 0.717) is 12.3 Å².